The Kier molecular flexibility index (Phi) is 5.35. The molecule has 0 fully saturated rings. The molecule has 1 heterocycles. The van der Waals surface area contributed by atoms with Crippen molar-refractivity contribution in [1.82, 2.24) is 0 Å². The van der Waals surface area contributed by atoms with Gasteiger partial charge in [-0.25, -0.2) is 9.59 Å². The number of ether oxygens (including phenoxy) is 1. The lowest BCUT2D eigenvalue weighted by atomic mass is 10.0. The van der Waals surface area contributed by atoms with Gasteiger partial charge in [0.1, 0.15) is 11.5 Å². The van der Waals surface area contributed by atoms with Gasteiger partial charge in [0.05, 0.1) is 11.1 Å². The van der Waals surface area contributed by atoms with Crippen molar-refractivity contribution in [2.75, 3.05) is 0 Å². The molecule has 0 radical (unpaired) electrons. The van der Waals surface area contributed by atoms with Crippen LogP contribution in [0.15, 0.2) is 94.1 Å². The highest BCUT2D eigenvalue weighted by molar-refractivity contribution is 9.10. The average Bonchev–Trinajstić information content (AvgIpc) is 3.11. The second-order valence-electron chi connectivity index (χ2n) is 6.21. The topological polar surface area (TPSA) is 65.0 Å². The van der Waals surface area contributed by atoms with Gasteiger partial charge in [0.2, 0.25) is 0 Å². The molecule has 0 aliphatic carbocycles. The van der Waals surface area contributed by atoms with Gasteiger partial charge in [0.15, 0.2) is 0 Å². The summed E-state index contributed by atoms with van der Waals surface area (Å²) in [6.07, 6.45) is 1.70. The molecule has 0 amide bonds. The number of carbonyl (C=O) groups is 2. The first-order valence-corrected chi connectivity index (χ1v) is 9.54. The highest BCUT2D eigenvalue weighted by Gasteiger charge is 2.26. The van der Waals surface area contributed by atoms with Crippen LogP contribution in [0.5, 0.6) is 5.75 Å². The number of benzene rings is 3. The van der Waals surface area contributed by atoms with Gasteiger partial charge in [0.25, 0.3) is 0 Å². The van der Waals surface area contributed by atoms with Crippen LogP contribution in [0.1, 0.15) is 21.5 Å². The Morgan fingerprint density at radius 2 is 1.62 bits per heavy atom. The Morgan fingerprint density at radius 3 is 2.31 bits per heavy atom. The van der Waals surface area contributed by atoms with E-state index in [9.17, 15) is 9.59 Å². The summed E-state index contributed by atoms with van der Waals surface area (Å²) < 4.78 is 6.27. The van der Waals surface area contributed by atoms with Crippen LogP contribution >= 0.6 is 15.9 Å². The summed E-state index contributed by atoms with van der Waals surface area (Å²) in [5.41, 5.74) is 2.87. The number of esters is 1. The summed E-state index contributed by atoms with van der Waals surface area (Å²) >= 11 is 3.33. The van der Waals surface area contributed by atoms with Gasteiger partial charge >= 0.3 is 11.9 Å². The molecule has 4 rings (SSSR count). The molecule has 3 aromatic carbocycles. The highest BCUT2D eigenvalue weighted by Crippen LogP contribution is 2.22. The first-order valence-electron chi connectivity index (χ1n) is 8.75. The van der Waals surface area contributed by atoms with Crippen LogP contribution < -0.4 is 4.74 Å². The second-order valence-corrected chi connectivity index (χ2v) is 7.12. The predicted octanol–water partition coefficient (Wildman–Crippen LogP) is 5.01. The van der Waals surface area contributed by atoms with E-state index in [1.807, 2.05) is 30.3 Å². The van der Waals surface area contributed by atoms with E-state index in [4.69, 9.17) is 9.57 Å². The molecule has 3 aromatic rings. The first kappa shape index (κ1) is 18.8. The van der Waals surface area contributed by atoms with Crippen LogP contribution in [0.4, 0.5) is 0 Å². The third kappa shape index (κ3) is 4.33. The maximum atomic E-state index is 12.2. The first-order chi connectivity index (χ1) is 14.1. The maximum absolute atomic E-state index is 12.2. The highest BCUT2D eigenvalue weighted by atomic mass is 79.9. The van der Waals surface area contributed by atoms with Gasteiger partial charge in [0, 0.05) is 10.0 Å². The lowest BCUT2D eigenvalue weighted by Gasteiger charge is -2.05. The van der Waals surface area contributed by atoms with Gasteiger partial charge in [-0.3, -0.25) is 0 Å². The van der Waals surface area contributed by atoms with Crippen molar-refractivity contribution < 1.29 is 19.2 Å². The second kappa shape index (κ2) is 8.24. The molecule has 0 N–H and O–H groups in total. The molecule has 5 nitrogen and oxygen atoms in total. The fraction of sp³-hybridized carbons (Fsp3) is 0. The maximum Gasteiger partial charge on any atom is 0.368 e. The van der Waals surface area contributed by atoms with Gasteiger partial charge in [-0.05, 0) is 48.0 Å². The third-order valence-corrected chi connectivity index (χ3v) is 4.75. The fourth-order valence-corrected chi connectivity index (χ4v) is 3.03. The van der Waals surface area contributed by atoms with E-state index in [1.165, 1.54) is 0 Å². The number of oxime groups is 1. The van der Waals surface area contributed by atoms with E-state index >= 15 is 0 Å². The summed E-state index contributed by atoms with van der Waals surface area (Å²) in [5.74, 6) is -0.540. The van der Waals surface area contributed by atoms with Crippen molar-refractivity contribution in [3.05, 3.63) is 106 Å². The average molecular weight is 448 g/mol. The third-order valence-electron chi connectivity index (χ3n) is 4.22. The predicted molar refractivity (Wildman–Crippen MR) is 113 cm³/mol. The Morgan fingerprint density at radius 1 is 0.931 bits per heavy atom. The monoisotopic (exact) mass is 447 g/mol. The molecule has 142 valence electrons. The summed E-state index contributed by atoms with van der Waals surface area (Å²) in [5, 5.41) is 3.89. The van der Waals surface area contributed by atoms with E-state index in [0.717, 1.165) is 15.6 Å². The zero-order valence-corrected chi connectivity index (χ0v) is 16.6. The number of carbonyl (C=O) groups excluding carboxylic acids is 2. The van der Waals surface area contributed by atoms with E-state index in [1.54, 1.807) is 54.6 Å². The van der Waals surface area contributed by atoms with Crippen LogP contribution in [0.25, 0.3) is 6.08 Å². The molecule has 0 atom stereocenters. The van der Waals surface area contributed by atoms with Crippen molar-refractivity contribution in [3.63, 3.8) is 0 Å². The number of nitrogens with zero attached hydrogens (tertiary/aromatic N) is 1. The fourth-order valence-electron chi connectivity index (χ4n) is 2.76. The number of halogens is 1. The Labute approximate surface area is 175 Å². The van der Waals surface area contributed by atoms with E-state index < -0.39 is 11.9 Å². The minimum atomic E-state index is -0.505. The minimum Gasteiger partial charge on any atom is -0.423 e. The normalized spacial score (nSPS) is 14.4. The standard InChI is InChI=1S/C23H14BrNO4/c24-18-10-8-17(9-11-18)22(26)28-19-12-6-15(7-13-19)14-20-21(25-29-23(20)27)16-4-2-1-3-5-16/h1-14H/b20-14+. The van der Waals surface area contributed by atoms with Crippen molar-refractivity contribution in [2.45, 2.75) is 0 Å². The summed E-state index contributed by atoms with van der Waals surface area (Å²) in [4.78, 5) is 29.1. The number of rotatable bonds is 4. The molecule has 0 bridgehead atoms. The SMILES string of the molecule is O=C1ON=C(c2ccccc2)/C1=C\c1ccc(OC(=O)c2ccc(Br)cc2)cc1. The van der Waals surface area contributed by atoms with Gasteiger partial charge < -0.3 is 9.57 Å². The summed E-state index contributed by atoms with van der Waals surface area (Å²) in [6.45, 7) is 0. The number of hydrogen-bond acceptors (Lipinski definition) is 5. The Bertz CT molecular complexity index is 1120. The van der Waals surface area contributed by atoms with E-state index in [2.05, 4.69) is 21.1 Å². The van der Waals surface area contributed by atoms with Crippen LogP contribution in [-0.2, 0) is 9.63 Å². The van der Waals surface area contributed by atoms with Crippen molar-refractivity contribution in [3.8, 4) is 5.75 Å². The molecule has 0 spiro atoms. The zero-order chi connectivity index (χ0) is 20.2. The quantitative estimate of drug-likeness (QED) is 0.244. The summed E-state index contributed by atoms with van der Waals surface area (Å²) in [6, 6.07) is 23.1. The van der Waals surface area contributed by atoms with Gasteiger partial charge in [-0.2, -0.15) is 0 Å². The van der Waals surface area contributed by atoms with Gasteiger partial charge in [-0.1, -0.05) is 63.6 Å². The molecule has 1 aliphatic rings. The zero-order valence-electron chi connectivity index (χ0n) is 15.0. The van der Waals surface area contributed by atoms with E-state index in [-0.39, 0.29) is 0 Å². The molecule has 1 aliphatic heterocycles. The molecular formula is C23H14BrNO4. The lowest BCUT2D eigenvalue weighted by Crippen LogP contribution is -2.08. The van der Waals surface area contributed by atoms with Crippen LogP contribution in [-0.4, -0.2) is 17.7 Å². The molecule has 0 saturated carbocycles. The summed E-state index contributed by atoms with van der Waals surface area (Å²) in [7, 11) is 0. The minimum absolute atomic E-state index is 0.371. The van der Waals surface area contributed by atoms with Crippen LogP contribution in [0.2, 0.25) is 0 Å². The van der Waals surface area contributed by atoms with Crippen LogP contribution in [0.3, 0.4) is 0 Å². The molecule has 0 saturated heterocycles. The van der Waals surface area contributed by atoms with Crippen molar-refractivity contribution >= 4 is 39.7 Å². The van der Waals surface area contributed by atoms with Gasteiger partial charge in [-0.15, -0.1) is 0 Å². The Hall–Kier alpha value is -3.51. The lowest BCUT2D eigenvalue weighted by molar-refractivity contribution is -0.136. The van der Waals surface area contributed by atoms with Crippen LogP contribution in [0, 0.1) is 0 Å². The smallest absolute Gasteiger partial charge is 0.368 e. The molecule has 6 heteroatoms. The molecule has 0 unspecified atom stereocenters. The Balaban J connectivity index is 1.51. The molecule has 0 aromatic heterocycles. The number of hydrogen-bond donors (Lipinski definition) is 0. The van der Waals surface area contributed by atoms with Crippen molar-refractivity contribution in [2.24, 2.45) is 5.16 Å². The molecule has 29 heavy (non-hydrogen) atoms. The van der Waals surface area contributed by atoms with Crippen molar-refractivity contribution in [1.29, 1.82) is 0 Å². The largest absolute Gasteiger partial charge is 0.423 e. The van der Waals surface area contributed by atoms with E-state index in [0.29, 0.717) is 22.6 Å². The molecular weight excluding hydrogens is 434 g/mol.